The van der Waals surface area contributed by atoms with Crippen LogP contribution in [0.25, 0.3) is 10.8 Å². The third-order valence-electron chi connectivity index (χ3n) is 4.57. The zero-order valence-corrected chi connectivity index (χ0v) is 15.6. The quantitative estimate of drug-likeness (QED) is 0.635. The Labute approximate surface area is 166 Å². The second-order valence-electron chi connectivity index (χ2n) is 6.43. The zero-order chi connectivity index (χ0) is 18.9. The van der Waals surface area contributed by atoms with Crippen LogP contribution in [0, 0.1) is 0 Å². The molecule has 1 aliphatic rings. The first-order chi connectivity index (χ1) is 13.0. The number of alkyl halides is 3. The summed E-state index contributed by atoms with van der Waals surface area (Å²) in [6.45, 7) is 1.09. The Balaban J connectivity index is 0.00000225. The first-order valence-electron chi connectivity index (χ1n) is 8.65. The van der Waals surface area contributed by atoms with Crippen molar-refractivity contribution in [1.29, 1.82) is 0 Å². The first kappa shape index (κ1) is 20.1. The normalized spacial score (nSPS) is 15.3. The van der Waals surface area contributed by atoms with Crippen molar-refractivity contribution < 1.29 is 17.9 Å². The lowest BCUT2D eigenvalue weighted by Crippen LogP contribution is -2.39. The Morgan fingerprint density at radius 1 is 1.00 bits per heavy atom. The van der Waals surface area contributed by atoms with Gasteiger partial charge in [-0.15, -0.1) is 12.4 Å². The van der Waals surface area contributed by atoms with Gasteiger partial charge in [0, 0.05) is 49.9 Å². The van der Waals surface area contributed by atoms with E-state index in [1.54, 1.807) is 17.3 Å². The van der Waals surface area contributed by atoms with Crippen LogP contribution in [0.15, 0.2) is 48.9 Å². The van der Waals surface area contributed by atoms with Crippen LogP contribution in [0.5, 0.6) is 5.75 Å². The summed E-state index contributed by atoms with van der Waals surface area (Å²) in [5, 5.41) is 2.10. The number of aromatic nitrogens is 3. The fourth-order valence-electron chi connectivity index (χ4n) is 3.16. The van der Waals surface area contributed by atoms with Gasteiger partial charge in [-0.2, -0.15) is 13.2 Å². The van der Waals surface area contributed by atoms with Crippen molar-refractivity contribution in [2.24, 2.45) is 0 Å². The predicted molar refractivity (Wildman–Crippen MR) is 102 cm³/mol. The fraction of sp³-hybridized carbons (Fsp3) is 0.316. The molecule has 0 N–H and O–H groups in total. The second-order valence-corrected chi connectivity index (χ2v) is 6.43. The third-order valence-corrected chi connectivity index (χ3v) is 4.57. The van der Waals surface area contributed by atoms with Gasteiger partial charge in [0.2, 0.25) is 5.95 Å². The molecule has 28 heavy (non-hydrogen) atoms. The van der Waals surface area contributed by atoms with Crippen molar-refractivity contribution in [3.63, 3.8) is 0 Å². The summed E-state index contributed by atoms with van der Waals surface area (Å²) in [6, 6.07) is 8.65. The Hall–Kier alpha value is -2.61. The van der Waals surface area contributed by atoms with Gasteiger partial charge in [0.15, 0.2) is 0 Å². The van der Waals surface area contributed by atoms with E-state index in [2.05, 4.69) is 15.0 Å². The van der Waals surface area contributed by atoms with Crippen molar-refractivity contribution in [1.82, 2.24) is 15.0 Å². The predicted octanol–water partition coefficient (Wildman–Crippen LogP) is 4.51. The molecule has 0 amide bonds. The zero-order valence-electron chi connectivity index (χ0n) is 14.8. The van der Waals surface area contributed by atoms with Gasteiger partial charge in [-0.1, -0.05) is 0 Å². The minimum atomic E-state index is -4.47. The maximum atomic E-state index is 12.8. The van der Waals surface area contributed by atoms with Crippen LogP contribution in [0.3, 0.4) is 0 Å². The van der Waals surface area contributed by atoms with Gasteiger partial charge in [0.05, 0.1) is 0 Å². The summed E-state index contributed by atoms with van der Waals surface area (Å²) in [7, 11) is 0. The minimum Gasteiger partial charge on any atom is -0.490 e. The number of ether oxygens (including phenoxy) is 1. The molecule has 1 aliphatic heterocycles. The van der Waals surface area contributed by atoms with Gasteiger partial charge in [-0.3, -0.25) is 4.98 Å². The molecule has 0 aliphatic carbocycles. The van der Waals surface area contributed by atoms with E-state index in [9.17, 15) is 13.2 Å². The van der Waals surface area contributed by atoms with Gasteiger partial charge in [0.25, 0.3) is 0 Å². The van der Waals surface area contributed by atoms with Gasteiger partial charge in [-0.05, 0) is 35.7 Å². The number of pyridine rings is 1. The highest BCUT2D eigenvalue weighted by atomic mass is 35.5. The monoisotopic (exact) mass is 410 g/mol. The average Bonchev–Trinajstić information content (AvgIpc) is 2.68. The van der Waals surface area contributed by atoms with Crippen LogP contribution in [-0.2, 0) is 6.18 Å². The maximum absolute atomic E-state index is 12.8. The molecule has 9 heteroatoms. The van der Waals surface area contributed by atoms with Crippen LogP contribution in [0.1, 0.15) is 18.5 Å². The molecule has 1 saturated heterocycles. The number of hydrogen-bond donors (Lipinski definition) is 0. The summed E-state index contributed by atoms with van der Waals surface area (Å²) < 4.78 is 44.5. The van der Waals surface area contributed by atoms with Crippen molar-refractivity contribution in [3.8, 4) is 5.75 Å². The van der Waals surface area contributed by atoms with Gasteiger partial charge >= 0.3 is 6.18 Å². The Morgan fingerprint density at radius 3 is 2.54 bits per heavy atom. The molecular formula is C19H18ClF3N4O. The lowest BCUT2D eigenvalue weighted by Gasteiger charge is -2.32. The van der Waals surface area contributed by atoms with E-state index in [0.717, 1.165) is 28.8 Å². The lowest BCUT2D eigenvalue weighted by molar-refractivity contribution is -0.141. The standard InChI is InChI=1S/C19H17F3N4O.ClH/c20-19(21,22)17-4-8-24-18(25-17)26-9-5-15(6-10-26)27-16-2-1-14-12-23-7-3-13(14)11-16;/h1-4,7-8,11-12,15H,5-6,9-10H2;1H. The van der Waals surface area contributed by atoms with Crippen LogP contribution in [-0.4, -0.2) is 34.1 Å². The number of halogens is 4. The SMILES string of the molecule is Cl.FC(F)(F)c1ccnc(N2CCC(Oc3ccc4cnccc4c3)CC2)n1. The summed E-state index contributed by atoms with van der Waals surface area (Å²) in [6.07, 6.45) is 1.60. The van der Waals surface area contributed by atoms with Crippen LogP contribution >= 0.6 is 12.4 Å². The average molecular weight is 411 g/mol. The second kappa shape index (κ2) is 8.18. The van der Waals surface area contributed by atoms with E-state index in [1.165, 1.54) is 0 Å². The van der Waals surface area contributed by atoms with Crippen LogP contribution in [0.2, 0.25) is 0 Å². The Kier molecular flexibility index (Phi) is 5.88. The first-order valence-corrected chi connectivity index (χ1v) is 8.65. The number of benzene rings is 1. The summed E-state index contributed by atoms with van der Waals surface area (Å²) in [4.78, 5) is 13.5. The van der Waals surface area contributed by atoms with Crippen molar-refractivity contribution in [2.45, 2.75) is 25.1 Å². The molecule has 1 aromatic carbocycles. The summed E-state index contributed by atoms with van der Waals surface area (Å²) >= 11 is 0. The number of rotatable bonds is 3. The fourth-order valence-corrected chi connectivity index (χ4v) is 3.16. The molecule has 0 saturated carbocycles. The van der Waals surface area contributed by atoms with E-state index in [1.807, 2.05) is 24.3 Å². The summed E-state index contributed by atoms with van der Waals surface area (Å²) in [5.74, 6) is 0.893. The minimum absolute atomic E-state index is 0. The van der Waals surface area contributed by atoms with Crippen LogP contribution in [0.4, 0.5) is 19.1 Å². The summed E-state index contributed by atoms with van der Waals surface area (Å²) in [5.41, 5.74) is -0.920. The molecule has 0 spiro atoms. The highest BCUT2D eigenvalue weighted by molar-refractivity contribution is 5.85. The highest BCUT2D eigenvalue weighted by Gasteiger charge is 2.33. The topological polar surface area (TPSA) is 51.1 Å². The van der Waals surface area contributed by atoms with E-state index in [4.69, 9.17) is 4.74 Å². The third kappa shape index (κ3) is 4.44. The molecular weight excluding hydrogens is 393 g/mol. The lowest BCUT2D eigenvalue weighted by atomic mass is 10.1. The smallest absolute Gasteiger partial charge is 0.433 e. The number of piperidine rings is 1. The molecule has 0 atom stereocenters. The van der Waals surface area contributed by atoms with Gasteiger partial charge in [0.1, 0.15) is 17.5 Å². The Bertz CT molecular complexity index is 946. The molecule has 4 rings (SSSR count). The maximum Gasteiger partial charge on any atom is 0.433 e. The number of nitrogens with zero attached hydrogens (tertiary/aromatic N) is 4. The molecule has 0 unspecified atom stereocenters. The molecule has 0 bridgehead atoms. The molecule has 1 fully saturated rings. The van der Waals surface area contributed by atoms with Crippen molar-refractivity contribution >= 4 is 29.1 Å². The van der Waals surface area contributed by atoms with Gasteiger partial charge < -0.3 is 9.64 Å². The Morgan fingerprint density at radius 2 is 1.79 bits per heavy atom. The molecule has 148 valence electrons. The van der Waals surface area contributed by atoms with Crippen LogP contribution < -0.4 is 9.64 Å². The van der Waals surface area contributed by atoms with E-state index in [0.29, 0.717) is 25.9 Å². The molecule has 5 nitrogen and oxygen atoms in total. The number of fused-ring (bicyclic) bond motifs is 1. The number of anilines is 1. The van der Waals surface area contributed by atoms with E-state index >= 15 is 0 Å². The number of hydrogen-bond acceptors (Lipinski definition) is 5. The largest absolute Gasteiger partial charge is 0.490 e. The molecule has 2 aromatic heterocycles. The molecule has 3 aromatic rings. The molecule has 0 radical (unpaired) electrons. The van der Waals surface area contributed by atoms with E-state index < -0.39 is 11.9 Å². The molecule has 3 heterocycles. The van der Waals surface area contributed by atoms with Gasteiger partial charge in [-0.25, -0.2) is 9.97 Å². The van der Waals surface area contributed by atoms with E-state index in [-0.39, 0.29) is 24.5 Å². The van der Waals surface area contributed by atoms with Crippen molar-refractivity contribution in [3.05, 3.63) is 54.6 Å². The van der Waals surface area contributed by atoms with Crippen molar-refractivity contribution in [2.75, 3.05) is 18.0 Å². The highest BCUT2D eigenvalue weighted by Crippen LogP contribution is 2.29.